The van der Waals surface area contributed by atoms with Gasteiger partial charge in [-0.25, -0.2) is 4.79 Å². The van der Waals surface area contributed by atoms with Crippen LogP contribution in [-0.2, 0) is 9.53 Å². The third kappa shape index (κ3) is 4.52. The van der Waals surface area contributed by atoms with E-state index in [-0.39, 0.29) is 17.9 Å². The van der Waals surface area contributed by atoms with Crippen molar-refractivity contribution in [3.63, 3.8) is 0 Å². The van der Waals surface area contributed by atoms with E-state index in [0.717, 1.165) is 15.7 Å². The van der Waals surface area contributed by atoms with Crippen molar-refractivity contribution in [1.82, 2.24) is 0 Å². The van der Waals surface area contributed by atoms with Crippen molar-refractivity contribution in [2.24, 2.45) is 4.99 Å². The lowest BCUT2D eigenvalue weighted by atomic mass is 10.2. The minimum atomic E-state index is -0.582. The van der Waals surface area contributed by atoms with Crippen LogP contribution in [0.15, 0.2) is 39.0 Å². The van der Waals surface area contributed by atoms with Crippen molar-refractivity contribution >= 4 is 33.8 Å². The van der Waals surface area contributed by atoms with E-state index in [9.17, 15) is 9.90 Å². The predicted molar refractivity (Wildman–Crippen MR) is 79.0 cm³/mol. The van der Waals surface area contributed by atoms with Gasteiger partial charge in [-0.1, -0.05) is 15.9 Å². The van der Waals surface area contributed by atoms with Crippen molar-refractivity contribution in [3.05, 3.63) is 39.6 Å². The Labute approximate surface area is 120 Å². The number of carbonyl (C=O) groups excluding carboxylic acids is 1. The molecule has 19 heavy (non-hydrogen) atoms. The smallest absolute Gasteiger partial charge is 0.343 e. The summed E-state index contributed by atoms with van der Waals surface area (Å²) in [6.07, 6.45) is 1.32. The van der Waals surface area contributed by atoms with Gasteiger partial charge < -0.3 is 9.84 Å². The number of benzene rings is 1. The van der Waals surface area contributed by atoms with Gasteiger partial charge >= 0.3 is 5.97 Å². The molecule has 0 aromatic heterocycles. The predicted octanol–water partition coefficient (Wildman–Crippen LogP) is 3.85. The largest absolute Gasteiger partial charge is 0.512 e. The van der Waals surface area contributed by atoms with Gasteiger partial charge in [0.2, 0.25) is 0 Å². The van der Waals surface area contributed by atoms with E-state index < -0.39 is 5.97 Å². The Kier molecular flexibility index (Phi) is 5.76. The molecule has 0 atom stereocenters. The van der Waals surface area contributed by atoms with Gasteiger partial charge in [-0.3, -0.25) is 4.99 Å². The Morgan fingerprint density at radius 3 is 2.74 bits per heavy atom. The Hall–Kier alpha value is -1.62. The van der Waals surface area contributed by atoms with E-state index in [4.69, 9.17) is 4.74 Å². The number of aryl methyl sites for hydroxylation is 1. The fourth-order valence-corrected chi connectivity index (χ4v) is 1.88. The summed E-state index contributed by atoms with van der Waals surface area (Å²) >= 11 is 3.37. The molecule has 1 aromatic rings. The first-order valence-electron chi connectivity index (χ1n) is 5.83. The maximum Gasteiger partial charge on any atom is 0.343 e. The summed E-state index contributed by atoms with van der Waals surface area (Å²) in [6, 6.07) is 5.61. The average Bonchev–Trinajstić information content (AvgIpc) is 2.31. The first kappa shape index (κ1) is 15.4. The molecule has 102 valence electrons. The number of allylic oxidation sites excluding steroid dienone is 1. The van der Waals surface area contributed by atoms with Crippen molar-refractivity contribution in [2.75, 3.05) is 6.61 Å². The summed E-state index contributed by atoms with van der Waals surface area (Å²) in [4.78, 5) is 15.8. The van der Waals surface area contributed by atoms with Gasteiger partial charge in [0.25, 0.3) is 0 Å². The highest BCUT2D eigenvalue weighted by atomic mass is 79.9. The van der Waals surface area contributed by atoms with Gasteiger partial charge in [-0.15, -0.1) is 0 Å². The molecule has 0 fully saturated rings. The number of hydrogen-bond acceptors (Lipinski definition) is 4. The Balaban J connectivity index is 3.00. The molecule has 5 heteroatoms. The molecule has 0 amide bonds. The first-order chi connectivity index (χ1) is 8.95. The molecule has 4 nitrogen and oxygen atoms in total. The molecule has 0 aliphatic carbocycles. The molecule has 0 unspecified atom stereocenters. The van der Waals surface area contributed by atoms with Crippen LogP contribution in [0.4, 0.5) is 5.69 Å². The molecule has 0 saturated carbocycles. The zero-order valence-corrected chi connectivity index (χ0v) is 12.7. The van der Waals surface area contributed by atoms with Crippen LogP contribution in [0.3, 0.4) is 0 Å². The summed E-state index contributed by atoms with van der Waals surface area (Å²) in [5, 5.41) is 9.48. The second-order valence-corrected chi connectivity index (χ2v) is 4.82. The van der Waals surface area contributed by atoms with Crippen LogP contribution in [0.25, 0.3) is 0 Å². The van der Waals surface area contributed by atoms with Crippen LogP contribution >= 0.6 is 15.9 Å². The number of aliphatic hydroxyl groups excluding tert-OH is 1. The van der Waals surface area contributed by atoms with E-state index in [1.807, 2.05) is 25.1 Å². The normalized spacial score (nSPS) is 12.4. The van der Waals surface area contributed by atoms with E-state index >= 15 is 0 Å². The van der Waals surface area contributed by atoms with Crippen LogP contribution in [0.2, 0.25) is 0 Å². The molecule has 1 rings (SSSR count). The molecule has 0 radical (unpaired) electrons. The van der Waals surface area contributed by atoms with Crippen LogP contribution in [0.5, 0.6) is 0 Å². The van der Waals surface area contributed by atoms with Gasteiger partial charge in [-0.2, -0.15) is 0 Å². The monoisotopic (exact) mass is 325 g/mol. The quantitative estimate of drug-likeness (QED) is 0.396. The molecular weight excluding hydrogens is 310 g/mol. The second kappa shape index (κ2) is 7.09. The SMILES string of the molecule is CCOC(=O)/C(C=Nc1ccc(Br)cc1C)=C(/C)O. The highest BCUT2D eigenvalue weighted by Gasteiger charge is 2.11. The molecule has 0 aliphatic rings. The van der Waals surface area contributed by atoms with Gasteiger partial charge in [-0.05, 0) is 44.5 Å². The Morgan fingerprint density at radius 1 is 1.53 bits per heavy atom. The maximum absolute atomic E-state index is 11.6. The number of esters is 1. The molecule has 0 spiro atoms. The van der Waals surface area contributed by atoms with Crippen molar-refractivity contribution in [1.29, 1.82) is 0 Å². The lowest BCUT2D eigenvalue weighted by molar-refractivity contribution is -0.138. The summed E-state index contributed by atoms with van der Waals surface area (Å²) in [7, 11) is 0. The van der Waals surface area contributed by atoms with E-state index in [0.29, 0.717) is 0 Å². The van der Waals surface area contributed by atoms with E-state index in [1.54, 1.807) is 6.92 Å². The third-order valence-electron chi connectivity index (χ3n) is 2.38. The molecular formula is C14H16BrNO3. The summed E-state index contributed by atoms with van der Waals surface area (Å²) < 4.78 is 5.81. The fourth-order valence-electron chi connectivity index (χ4n) is 1.40. The van der Waals surface area contributed by atoms with Crippen molar-refractivity contribution in [3.8, 4) is 0 Å². The fraction of sp³-hybridized carbons (Fsp3) is 0.286. The van der Waals surface area contributed by atoms with Crippen LogP contribution in [0, 0.1) is 6.92 Å². The minimum absolute atomic E-state index is 0.0594. The van der Waals surface area contributed by atoms with Gasteiger partial charge in [0.1, 0.15) is 11.3 Å². The Morgan fingerprint density at radius 2 is 2.21 bits per heavy atom. The topological polar surface area (TPSA) is 58.9 Å². The maximum atomic E-state index is 11.6. The van der Waals surface area contributed by atoms with Gasteiger partial charge in [0.15, 0.2) is 0 Å². The number of carbonyl (C=O) groups is 1. The number of hydrogen-bond donors (Lipinski definition) is 1. The summed E-state index contributed by atoms with van der Waals surface area (Å²) in [6.45, 7) is 5.29. The van der Waals surface area contributed by atoms with E-state index in [1.165, 1.54) is 13.1 Å². The minimum Gasteiger partial charge on any atom is -0.512 e. The molecule has 1 aromatic carbocycles. The van der Waals surface area contributed by atoms with Crippen molar-refractivity contribution in [2.45, 2.75) is 20.8 Å². The molecule has 0 bridgehead atoms. The summed E-state index contributed by atoms with van der Waals surface area (Å²) in [5.74, 6) is -0.696. The van der Waals surface area contributed by atoms with Crippen LogP contribution in [-0.4, -0.2) is 23.9 Å². The zero-order valence-electron chi connectivity index (χ0n) is 11.1. The highest BCUT2D eigenvalue weighted by molar-refractivity contribution is 9.10. The van der Waals surface area contributed by atoms with Crippen molar-refractivity contribution < 1.29 is 14.6 Å². The zero-order chi connectivity index (χ0) is 14.4. The summed E-state index contributed by atoms with van der Waals surface area (Å²) in [5.41, 5.74) is 1.75. The number of aliphatic imine (C=N–C) groups is 1. The Bertz CT molecular complexity index is 531. The highest BCUT2D eigenvalue weighted by Crippen LogP contribution is 2.22. The first-order valence-corrected chi connectivity index (χ1v) is 6.62. The van der Waals surface area contributed by atoms with Crippen LogP contribution in [0.1, 0.15) is 19.4 Å². The number of nitrogens with zero attached hydrogens (tertiary/aromatic N) is 1. The lowest BCUT2D eigenvalue weighted by Crippen LogP contribution is -2.10. The molecule has 0 heterocycles. The number of aliphatic hydroxyl groups is 1. The molecule has 0 aliphatic heterocycles. The lowest BCUT2D eigenvalue weighted by Gasteiger charge is -2.04. The third-order valence-corrected chi connectivity index (χ3v) is 2.87. The number of rotatable bonds is 4. The number of halogens is 1. The molecule has 0 saturated heterocycles. The standard InChI is InChI=1S/C14H16BrNO3/c1-4-19-14(18)12(10(3)17)8-16-13-6-5-11(15)7-9(13)2/h5-8,17H,4H2,1-3H3/b12-10-,16-8?. The average molecular weight is 326 g/mol. The van der Waals surface area contributed by atoms with Gasteiger partial charge in [0.05, 0.1) is 12.3 Å². The second-order valence-electron chi connectivity index (χ2n) is 3.91. The molecule has 1 N–H and O–H groups in total. The van der Waals surface area contributed by atoms with Crippen LogP contribution < -0.4 is 0 Å². The number of ether oxygens (including phenoxy) is 1. The van der Waals surface area contributed by atoms with Gasteiger partial charge in [0, 0.05) is 10.7 Å². The van der Waals surface area contributed by atoms with E-state index in [2.05, 4.69) is 20.9 Å².